The van der Waals surface area contributed by atoms with Gasteiger partial charge in [0.25, 0.3) is 0 Å². The van der Waals surface area contributed by atoms with Gasteiger partial charge in [-0.1, -0.05) is 0 Å². The number of nitrogens with one attached hydrogen (secondary N) is 2. The van der Waals surface area contributed by atoms with Crippen LogP contribution >= 0.6 is 0 Å². The van der Waals surface area contributed by atoms with Crippen molar-refractivity contribution < 1.29 is 0 Å². The minimum atomic E-state index is 0.712. The molecule has 2 aromatic rings. The molecule has 2 aromatic heterocycles. The zero-order chi connectivity index (χ0) is 11.5. The number of aromatic nitrogens is 4. The molecule has 1 atom stereocenters. The monoisotopic (exact) mass is 229 g/mol. The number of rotatable bonds is 3. The van der Waals surface area contributed by atoms with Crippen LogP contribution in [-0.2, 0) is 6.42 Å². The number of aromatic amines is 1. The number of H-pyrrole nitrogens is 1. The number of hydrogen-bond acceptors (Lipinski definition) is 4. The van der Waals surface area contributed by atoms with Crippen LogP contribution in [-0.4, -0.2) is 33.3 Å². The highest BCUT2D eigenvalue weighted by Crippen LogP contribution is 2.16. The minimum Gasteiger partial charge on any atom is -0.316 e. The molecule has 3 rings (SSSR count). The lowest BCUT2D eigenvalue weighted by Crippen LogP contribution is -2.11. The molecule has 1 saturated heterocycles. The van der Waals surface area contributed by atoms with Gasteiger partial charge in [-0.25, -0.2) is 0 Å². The lowest BCUT2D eigenvalue weighted by molar-refractivity contribution is 0.570. The highest BCUT2D eigenvalue weighted by Gasteiger charge is 2.15. The molecular weight excluding hydrogens is 214 g/mol. The predicted molar refractivity (Wildman–Crippen MR) is 64.3 cm³/mol. The predicted octanol–water partition coefficient (Wildman–Crippen LogP) is 1.02. The van der Waals surface area contributed by atoms with E-state index in [0.29, 0.717) is 5.92 Å². The van der Waals surface area contributed by atoms with Gasteiger partial charge in [0.15, 0.2) is 0 Å². The third-order valence-electron chi connectivity index (χ3n) is 3.16. The van der Waals surface area contributed by atoms with Gasteiger partial charge < -0.3 is 5.32 Å². The summed E-state index contributed by atoms with van der Waals surface area (Å²) in [5.74, 6) is 0.712. The van der Waals surface area contributed by atoms with E-state index in [1.54, 1.807) is 6.20 Å². The van der Waals surface area contributed by atoms with Gasteiger partial charge in [0, 0.05) is 18.0 Å². The first-order valence-corrected chi connectivity index (χ1v) is 5.92. The lowest BCUT2D eigenvalue weighted by atomic mass is 10.0. The summed E-state index contributed by atoms with van der Waals surface area (Å²) >= 11 is 0. The zero-order valence-electron chi connectivity index (χ0n) is 9.56. The zero-order valence-corrected chi connectivity index (χ0v) is 9.56. The Hall–Kier alpha value is -1.75. The van der Waals surface area contributed by atoms with Crippen LogP contribution in [0.15, 0.2) is 24.8 Å². The Labute approximate surface area is 99.7 Å². The van der Waals surface area contributed by atoms with E-state index in [0.717, 1.165) is 36.5 Å². The van der Waals surface area contributed by atoms with E-state index in [1.165, 1.54) is 6.42 Å². The Morgan fingerprint density at radius 2 is 2.24 bits per heavy atom. The molecule has 0 spiro atoms. The SMILES string of the molecule is c1n[nH]cc1-c1cnc(C[C@H]2CCNC2)cn1. The van der Waals surface area contributed by atoms with Gasteiger partial charge in [-0.15, -0.1) is 0 Å². The molecule has 1 fully saturated rings. The van der Waals surface area contributed by atoms with Crippen molar-refractivity contribution >= 4 is 0 Å². The first-order chi connectivity index (χ1) is 8.42. The maximum Gasteiger partial charge on any atom is 0.0916 e. The van der Waals surface area contributed by atoms with E-state index >= 15 is 0 Å². The number of hydrogen-bond donors (Lipinski definition) is 2. The Morgan fingerprint density at radius 3 is 2.88 bits per heavy atom. The molecule has 0 radical (unpaired) electrons. The molecule has 5 heteroatoms. The minimum absolute atomic E-state index is 0.712. The van der Waals surface area contributed by atoms with Gasteiger partial charge in [0.2, 0.25) is 0 Å². The van der Waals surface area contributed by atoms with E-state index in [4.69, 9.17) is 0 Å². The Balaban J connectivity index is 1.71. The fourth-order valence-corrected chi connectivity index (χ4v) is 2.18. The van der Waals surface area contributed by atoms with Crippen LogP contribution in [0.4, 0.5) is 0 Å². The first kappa shape index (κ1) is 10.4. The molecule has 1 aliphatic heterocycles. The molecule has 0 aromatic carbocycles. The van der Waals surface area contributed by atoms with Crippen LogP contribution in [0.2, 0.25) is 0 Å². The fraction of sp³-hybridized carbons (Fsp3) is 0.417. The maximum absolute atomic E-state index is 4.47. The van der Waals surface area contributed by atoms with Crippen LogP contribution < -0.4 is 5.32 Å². The van der Waals surface area contributed by atoms with Gasteiger partial charge in [0.05, 0.1) is 23.8 Å². The van der Waals surface area contributed by atoms with Crippen molar-refractivity contribution in [1.82, 2.24) is 25.5 Å². The van der Waals surface area contributed by atoms with Gasteiger partial charge >= 0.3 is 0 Å². The molecule has 88 valence electrons. The first-order valence-electron chi connectivity index (χ1n) is 5.92. The summed E-state index contributed by atoms with van der Waals surface area (Å²) in [5, 5.41) is 10.0. The normalized spacial score (nSPS) is 19.6. The standard InChI is InChI=1S/C12H15N5/c1-2-13-4-9(1)3-11-7-15-12(8-14-11)10-5-16-17-6-10/h5-9,13H,1-4H2,(H,16,17)/t9-/m1/s1. The summed E-state index contributed by atoms with van der Waals surface area (Å²) in [5.41, 5.74) is 2.92. The summed E-state index contributed by atoms with van der Waals surface area (Å²) < 4.78 is 0. The van der Waals surface area contributed by atoms with Crippen molar-refractivity contribution in [3.8, 4) is 11.3 Å². The molecule has 2 N–H and O–H groups in total. The summed E-state index contributed by atoms with van der Waals surface area (Å²) in [6.07, 6.45) is 9.54. The second kappa shape index (κ2) is 4.63. The van der Waals surface area contributed by atoms with Crippen molar-refractivity contribution in [2.75, 3.05) is 13.1 Å². The fourth-order valence-electron chi connectivity index (χ4n) is 2.18. The van der Waals surface area contributed by atoms with Crippen LogP contribution in [0.5, 0.6) is 0 Å². The smallest absolute Gasteiger partial charge is 0.0916 e. The van der Waals surface area contributed by atoms with Crippen molar-refractivity contribution in [3.63, 3.8) is 0 Å². The van der Waals surface area contributed by atoms with E-state index in [-0.39, 0.29) is 0 Å². The van der Waals surface area contributed by atoms with Crippen molar-refractivity contribution in [3.05, 3.63) is 30.5 Å². The molecule has 5 nitrogen and oxygen atoms in total. The van der Waals surface area contributed by atoms with E-state index in [2.05, 4.69) is 25.5 Å². The van der Waals surface area contributed by atoms with Gasteiger partial charge in [-0.3, -0.25) is 15.1 Å². The summed E-state index contributed by atoms with van der Waals surface area (Å²) in [6, 6.07) is 0. The molecule has 0 aliphatic carbocycles. The van der Waals surface area contributed by atoms with Crippen LogP contribution in [0.3, 0.4) is 0 Å². The molecular formula is C12H15N5. The lowest BCUT2D eigenvalue weighted by Gasteiger charge is -2.06. The Bertz CT molecular complexity index is 456. The maximum atomic E-state index is 4.47. The van der Waals surface area contributed by atoms with Gasteiger partial charge in [0.1, 0.15) is 0 Å². The molecule has 0 bridgehead atoms. The van der Waals surface area contributed by atoms with E-state index in [9.17, 15) is 0 Å². The molecule has 17 heavy (non-hydrogen) atoms. The average molecular weight is 229 g/mol. The van der Waals surface area contributed by atoms with E-state index < -0.39 is 0 Å². The largest absolute Gasteiger partial charge is 0.316 e. The average Bonchev–Trinajstić information content (AvgIpc) is 3.01. The molecule has 1 aliphatic rings. The third-order valence-corrected chi connectivity index (χ3v) is 3.16. The van der Waals surface area contributed by atoms with Crippen LogP contribution in [0.25, 0.3) is 11.3 Å². The highest BCUT2D eigenvalue weighted by molar-refractivity contribution is 5.55. The van der Waals surface area contributed by atoms with Crippen molar-refractivity contribution in [2.24, 2.45) is 5.92 Å². The van der Waals surface area contributed by atoms with Crippen molar-refractivity contribution in [2.45, 2.75) is 12.8 Å². The summed E-state index contributed by atoms with van der Waals surface area (Å²) in [4.78, 5) is 8.89. The Kier molecular flexibility index (Phi) is 2.83. The van der Waals surface area contributed by atoms with Gasteiger partial charge in [-0.05, 0) is 31.8 Å². The molecule has 3 heterocycles. The highest BCUT2D eigenvalue weighted by atomic mass is 15.1. The molecule has 0 unspecified atom stereocenters. The summed E-state index contributed by atoms with van der Waals surface area (Å²) in [7, 11) is 0. The Morgan fingerprint density at radius 1 is 1.24 bits per heavy atom. The molecule has 0 saturated carbocycles. The third kappa shape index (κ3) is 2.34. The van der Waals surface area contributed by atoms with Crippen LogP contribution in [0, 0.1) is 5.92 Å². The quantitative estimate of drug-likeness (QED) is 0.824. The number of nitrogens with zero attached hydrogens (tertiary/aromatic N) is 3. The van der Waals surface area contributed by atoms with E-state index in [1.807, 2.05) is 18.6 Å². The van der Waals surface area contributed by atoms with Crippen molar-refractivity contribution in [1.29, 1.82) is 0 Å². The topological polar surface area (TPSA) is 66.5 Å². The van der Waals surface area contributed by atoms with Crippen LogP contribution in [0.1, 0.15) is 12.1 Å². The molecule has 0 amide bonds. The second-order valence-corrected chi connectivity index (χ2v) is 4.44. The summed E-state index contributed by atoms with van der Waals surface area (Å²) in [6.45, 7) is 2.23. The van der Waals surface area contributed by atoms with Gasteiger partial charge in [-0.2, -0.15) is 5.10 Å². The second-order valence-electron chi connectivity index (χ2n) is 4.44.